The highest BCUT2D eigenvalue weighted by atomic mass is 32.3. The normalized spacial score (nSPS) is 14.3. The Bertz CT molecular complexity index is 666. The smallest absolute Gasteiger partial charge is 0.226 e. The summed E-state index contributed by atoms with van der Waals surface area (Å²) in [5, 5.41) is 5.04. The standard InChI is InChI=1S/C11H18N2O4S2/c1-3-4-11(19(13,16)17)18(14,15)10-7-9(12)6-5-8(10)2/h5-7,11H,3-4,12H2,1-2H3,(H2,13,16,17). The van der Waals surface area contributed by atoms with Crippen LogP contribution in [0.25, 0.3) is 0 Å². The summed E-state index contributed by atoms with van der Waals surface area (Å²) in [6.45, 7) is 3.28. The van der Waals surface area contributed by atoms with Crippen LogP contribution < -0.4 is 10.9 Å². The minimum absolute atomic E-state index is 0.0462. The van der Waals surface area contributed by atoms with E-state index in [1.807, 2.05) is 0 Å². The maximum Gasteiger partial charge on any atom is 0.226 e. The molecule has 1 aromatic carbocycles. The van der Waals surface area contributed by atoms with Crippen molar-refractivity contribution in [1.29, 1.82) is 0 Å². The Labute approximate surface area is 113 Å². The molecule has 0 fully saturated rings. The van der Waals surface area contributed by atoms with Crippen molar-refractivity contribution in [2.24, 2.45) is 5.14 Å². The topological polar surface area (TPSA) is 120 Å². The van der Waals surface area contributed by atoms with Crippen LogP contribution in [-0.4, -0.2) is 21.4 Å². The third-order valence-corrected chi connectivity index (χ3v) is 7.27. The van der Waals surface area contributed by atoms with Crippen molar-refractivity contribution in [3.05, 3.63) is 23.8 Å². The Morgan fingerprint density at radius 1 is 1.21 bits per heavy atom. The first-order valence-corrected chi connectivity index (χ1v) is 8.88. The lowest BCUT2D eigenvalue weighted by Gasteiger charge is -2.16. The molecular weight excluding hydrogens is 288 g/mol. The molecule has 0 spiro atoms. The summed E-state index contributed by atoms with van der Waals surface area (Å²) in [5.41, 5.74) is 6.26. The zero-order valence-corrected chi connectivity index (χ0v) is 12.5. The molecule has 19 heavy (non-hydrogen) atoms. The number of benzene rings is 1. The molecule has 0 aliphatic rings. The number of hydrogen-bond donors (Lipinski definition) is 2. The molecule has 6 nitrogen and oxygen atoms in total. The summed E-state index contributed by atoms with van der Waals surface area (Å²) in [6, 6.07) is 4.35. The van der Waals surface area contributed by atoms with Crippen LogP contribution in [0.3, 0.4) is 0 Å². The average Bonchev–Trinajstić information content (AvgIpc) is 2.27. The van der Waals surface area contributed by atoms with Crippen molar-refractivity contribution in [2.75, 3.05) is 5.73 Å². The lowest BCUT2D eigenvalue weighted by molar-refractivity contribution is 0.568. The van der Waals surface area contributed by atoms with Gasteiger partial charge in [-0.05, 0) is 31.0 Å². The molecule has 1 rings (SSSR count). The van der Waals surface area contributed by atoms with E-state index in [9.17, 15) is 16.8 Å². The number of hydrogen-bond acceptors (Lipinski definition) is 5. The average molecular weight is 306 g/mol. The second-order valence-corrected chi connectivity index (χ2v) is 8.52. The van der Waals surface area contributed by atoms with Gasteiger partial charge in [-0.15, -0.1) is 0 Å². The summed E-state index contributed by atoms with van der Waals surface area (Å²) in [5.74, 6) is 0. The van der Waals surface area contributed by atoms with Crippen LogP contribution in [0.2, 0.25) is 0 Å². The summed E-state index contributed by atoms with van der Waals surface area (Å²) in [7, 11) is -8.26. The van der Waals surface area contributed by atoms with Gasteiger partial charge in [-0.3, -0.25) is 0 Å². The Kier molecular flexibility index (Phi) is 4.59. The summed E-state index contributed by atoms with van der Waals surface area (Å²) < 4.78 is 46.2. The molecule has 0 saturated carbocycles. The molecule has 0 heterocycles. The molecule has 0 radical (unpaired) electrons. The zero-order valence-electron chi connectivity index (χ0n) is 10.8. The van der Waals surface area contributed by atoms with E-state index in [0.717, 1.165) is 0 Å². The van der Waals surface area contributed by atoms with Crippen LogP contribution in [0.1, 0.15) is 25.3 Å². The molecule has 0 aliphatic heterocycles. The first-order chi connectivity index (χ1) is 8.60. The second-order valence-electron chi connectivity index (χ2n) is 4.38. The van der Waals surface area contributed by atoms with Crippen LogP contribution in [0.15, 0.2) is 23.1 Å². The fourth-order valence-electron chi connectivity index (χ4n) is 1.80. The number of rotatable bonds is 5. The fourth-order valence-corrected chi connectivity index (χ4v) is 5.73. The summed E-state index contributed by atoms with van der Waals surface area (Å²) >= 11 is 0. The van der Waals surface area contributed by atoms with Crippen molar-refractivity contribution in [3.8, 4) is 0 Å². The number of nitrogens with two attached hydrogens (primary N) is 2. The third kappa shape index (κ3) is 3.46. The number of primary sulfonamides is 1. The van der Waals surface area contributed by atoms with Crippen molar-refractivity contribution < 1.29 is 16.8 Å². The first kappa shape index (κ1) is 15.9. The highest BCUT2D eigenvalue weighted by Gasteiger charge is 2.36. The van der Waals surface area contributed by atoms with Crippen LogP contribution in [-0.2, 0) is 19.9 Å². The van der Waals surface area contributed by atoms with E-state index in [4.69, 9.17) is 10.9 Å². The van der Waals surface area contributed by atoms with Gasteiger partial charge in [0.05, 0.1) is 4.90 Å². The van der Waals surface area contributed by atoms with Crippen LogP contribution >= 0.6 is 0 Å². The molecule has 0 aliphatic carbocycles. The number of sulfone groups is 1. The minimum Gasteiger partial charge on any atom is -0.399 e. The van der Waals surface area contributed by atoms with E-state index in [2.05, 4.69) is 0 Å². The van der Waals surface area contributed by atoms with Gasteiger partial charge in [0.2, 0.25) is 10.0 Å². The third-order valence-electron chi connectivity index (χ3n) is 2.76. The molecular formula is C11H18N2O4S2. The Morgan fingerprint density at radius 2 is 1.79 bits per heavy atom. The number of anilines is 1. The Morgan fingerprint density at radius 3 is 2.26 bits per heavy atom. The lowest BCUT2D eigenvalue weighted by atomic mass is 10.2. The minimum atomic E-state index is -4.19. The van der Waals surface area contributed by atoms with E-state index >= 15 is 0 Å². The zero-order chi connectivity index (χ0) is 14.8. The molecule has 0 aromatic heterocycles. The monoisotopic (exact) mass is 306 g/mol. The van der Waals surface area contributed by atoms with Crippen LogP contribution in [0.4, 0.5) is 5.69 Å². The molecule has 1 unspecified atom stereocenters. The van der Waals surface area contributed by atoms with Gasteiger partial charge < -0.3 is 5.73 Å². The van der Waals surface area contributed by atoms with Gasteiger partial charge in [0.25, 0.3) is 0 Å². The maximum atomic E-state index is 12.4. The van der Waals surface area contributed by atoms with Gasteiger partial charge in [0.15, 0.2) is 14.4 Å². The van der Waals surface area contributed by atoms with E-state index in [-0.39, 0.29) is 17.0 Å². The number of sulfonamides is 1. The predicted octanol–water partition coefficient (Wildman–Crippen LogP) is 0.766. The molecule has 1 aromatic rings. The van der Waals surface area contributed by atoms with Gasteiger partial charge in [0, 0.05) is 5.69 Å². The van der Waals surface area contributed by atoms with Crippen LogP contribution in [0, 0.1) is 6.92 Å². The van der Waals surface area contributed by atoms with E-state index in [1.165, 1.54) is 12.1 Å². The van der Waals surface area contributed by atoms with Crippen molar-refractivity contribution in [2.45, 2.75) is 36.2 Å². The molecule has 1 atom stereocenters. The molecule has 0 bridgehead atoms. The summed E-state index contributed by atoms with van der Waals surface area (Å²) in [6.07, 6.45) is 0.344. The SMILES string of the molecule is CCCC(S(N)(=O)=O)S(=O)(=O)c1cc(N)ccc1C. The highest BCUT2D eigenvalue weighted by Crippen LogP contribution is 2.26. The number of aryl methyl sites for hydroxylation is 1. The fraction of sp³-hybridized carbons (Fsp3) is 0.455. The van der Waals surface area contributed by atoms with Crippen LogP contribution in [0.5, 0.6) is 0 Å². The molecule has 4 N–H and O–H groups in total. The van der Waals surface area contributed by atoms with Gasteiger partial charge in [-0.1, -0.05) is 19.4 Å². The van der Waals surface area contributed by atoms with Crippen molar-refractivity contribution in [1.82, 2.24) is 0 Å². The Hall–Kier alpha value is -1.12. The van der Waals surface area contributed by atoms with Gasteiger partial charge in [-0.25, -0.2) is 22.0 Å². The molecule has 8 heteroatoms. The molecule has 108 valence electrons. The second kappa shape index (κ2) is 5.48. The molecule has 0 amide bonds. The Balaban J connectivity index is 3.48. The maximum absolute atomic E-state index is 12.4. The van der Waals surface area contributed by atoms with Gasteiger partial charge in [-0.2, -0.15) is 0 Å². The van der Waals surface area contributed by atoms with Gasteiger partial charge >= 0.3 is 0 Å². The molecule has 0 saturated heterocycles. The first-order valence-electron chi connectivity index (χ1n) is 5.72. The highest BCUT2D eigenvalue weighted by molar-refractivity contribution is 8.08. The van der Waals surface area contributed by atoms with E-state index in [1.54, 1.807) is 19.9 Å². The van der Waals surface area contributed by atoms with Gasteiger partial charge in [0.1, 0.15) is 0 Å². The lowest BCUT2D eigenvalue weighted by Crippen LogP contribution is -2.36. The number of nitrogen functional groups attached to an aromatic ring is 1. The van der Waals surface area contributed by atoms with Crippen molar-refractivity contribution >= 4 is 25.5 Å². The predicted molar refractivity (Wildman–Crippen MR) is 74.6 cm³/mol. The van der Waals surface area contributed by atoms with E-state index < -0.39 is 24.4 Å². The quantitative estimate of drug-likeness (QED) is 0.778. The summed E-state index contributed by atoms with van der Waals surface area (Å²) in [4.78, 5) is -0.0834. The van der Waals surface area contributed by atoms with E-state index in [0.29, 0.717) is 12.0 Å². The largest absolute Gasteiger partial charge is 0.399 e. The van der Waals surface area contributed by atoms with Crippen molar-refractivity contribution in [3.63, 3.8) is 0 Å².